The van der Waals surface area contributed by atoms with Gasteiger partial charge in [0, 0.05) is 25.9 Å². The first-order valence-corrected chi connectivity index (χ1v) is 9.07. The van der Waals surface area contributed by atoms with Crippen LogP contribution in [-0.2, 0) is 9.59 Å². The first kappa shape index (κ1) is 17.3. The minimum Gasteiger partial charge on any atom is -0.354 e. The summed E-state index contributed by atoms with van der Waals surface area (Å²) in [5.74, 6) is 1.94. The lowest BCUT2D eigenvalue weighted by Crippen LogP contribution is -2.37. The average molecular weight is 308 g/mol. The van der Waals surface area contributed by atoms with E-state index in [2.05, 4.69) is 10.6 Å². The third kappa shape index (κ3) is 5.98. The topological polar surface area (TPSA) is 58.2 Å². The van der Waals surface area contributed by atoms with Crippen molar-refractivity contribution in [3.63, 3.8) is 0 Å². The minimum atomic E-state index is 0.111. The van der Waals surface area contributed by atoms with Crippen molar-refractivity contribution >= 4 is 11.8 Å². The van der Waals surface area contributed by atoms with Gasteiger partial charge in [-0.3, -0.25) is 9.59 Å². The van der Waals surface area contributed by atoms with Crippen LogP contribution in [0.25, 0.3) is 0 Å². The molecule has 4 nitrogen and oxygen atoms in total. The fourth-order valence-electron chi connectivity index (χ4n) is 4.24. The summed E-state index contributed by atoms with van der Waals surface area (Å²) in [5, 5.41) is 6.11. The number of rotatable bonds is 5. The highest BCUT2D eigenvalue weighted by atomic mass is 16.2. The SMILES string of the molecule is CC(=O)NC1CCC(CCC2CCC(NC(C)=O)CC2)CC1. The molecule has 2 aliphatic rings. The summed E-state index contributed by atoms with van der Waals surface area (Å²) in [4.78, 5) is 22.2. The standard InChI is InChI=1S/C18H32N2O2/c1-13(21)19-17-9-5-15(6-10-17)3-4-16-7-11-18(12-8-16)20-14(2)22/h15-18H,3-12H2,1-2H3,(H,19,21)(H,20,22). The average Bonchev–Trinajstić information content (AvgIpc) is 2.47. The van der Waals surface area contributed by atoms with Crippen molar-refractivity contribution in [2.45, 2.75) is 90.1 Å². The maximum atomic E-state index is 11.1. The van der Waals surface area contributed by atoms with Crippen LogP contribution in [0.2, 0.25) is 0 Å². The molecule has 22 heavy (non-hydrogen) atoms. The van der Waals surface area contributed by atoms with E-state index in [1.807, 2.05) is 0 Å². The molecular weight excluding hydrogens is 276 g/mol. The molecule has 0 aromatic heterocycles. The molecule has 2 amide bonds. The number of amides is 2. The molecule has 126 valence electrons. The van der Waals surface area contributed by atoms with E-state index < -0.39 is 0 Å². The Morgan fingerprint density at radius 3 is 1.27 bits per heavy atom. The molecule has 0 aliphatic heterocycles. The molecule has 0 aromatic carbocycles. The Kier molecular flexibility index (Phi) is 6.71. The van der Waals surface area contributed by atoms with Crippen LogP contribution in [0.1, 0.15) is 78.1 Å². The predicted octanol–water partition coefficient (Wildman–Crippen LogP) is 3.16. The van der Waals surface area contributed by atoms with Crippen LogP contribution in [0.5, 0.6) is 0 Å². The van der Waals surface area contributed by atoms with Crippen LogP contribution in [-0.4, -0.2) is 23.9 Å². The zero-order chi connectivity index (χ0) is 15.9. The Bertz CT molecular complexity index is 331. The van der Waals surface area contributed by atoms with Gasteiger partial charge in [0.1, 0.15) is 0 Å². The van der Waals surface area contributed by atoms with Crippen LogP contribution in [0.15, 0.2) is 0 Å². The molecule has 0 spiro atoms. The Hall–Kier alpha value is -1.06. The smallest absolute Gasteiger partial charge is 0.217 e. The van der Waals surface area contributed by atoms with E-state index in [1.54, 1.807) is 13.8 Å². The molecule has 0 radical (unpaired) electrons. The zero-order valence-electron chi connectivity index (χ0n) is 14.2. The van der Waals surface area contributed by atoms with Gasteiger partial charge >= 0.3 is 0 Å². The normalized spacial score (nSPS) is 32.3. The highest BCUT2D eigenvalue weighted by Crippen LogP contribution is 2.33. The summed E-state index contributed by atoms with van der Waals surface area (Å²) >= 11 is 0. The number of hydrogen-bond donors (Lipinski definition) is 2. The first-order chi connectivity index (χ1) is 10.5. The second-order valence-electron chi connectivity index (χ2n) is 7.41. The Morgan fingerprint density at radius 1 is 0.682 bits per heavy atom. The van der Waals surface area contributed by atoms with Crippen molar-refractivity contribution in [1.29, 1.82) is 0 Å². The van der Waals surface area contributed by atoms with Crippen LogP contribution >= 0.6 is 0 Å². The van der Waals surface area contributed by atoms with E-state index in [9.17, 15) is 9.59 Å². The lowest BCUT2D eigenvalue weighted by molar-refractivity contribution is -0.120. The van der Waals surface area contributed by atoms with Gasteiger partial charge in [-0.2, -0.15) is 0 Å². The van der Waals surface area contributed by atoms with Crippen molar-refractivity contribution in [1.82, 2.24) is 10.6 Å². The lowest BCUT2D eigenvalue weighted by Gasteiger charge is -2.32. The van der Waals surface area contributed by atoms with Gasteiger partial charge in [-0.15, -0.1) is 0 Å². The van der Waals surface area contributed by atoms with Gasteiger partial charge in [-0.05, 0) is 63.2 Å². The fourth-order valence-corrected chi connectivity index (χ4v) is 4.24. The quantitative estimate of drug-likeness (QED) is 0.819. The molecule has 0 saturated heterocycles. The largest absolute Gasteiger partial charge is 0.354 e. The summed E-state index contributed by atoms with van der Waals surface area (Å²) in [5.41, 5.74) is 0. The zero-order valence-corrected chi connectivity index (χ0v) is 14.2. The minimum absolute atomic E-state index is 0.111. The number of hydrogen-bond acceptors (Lipinski definition) is 2. The highest BCUT2D eigenvalue weighted by molar-refractivity contribution is 5.73. The maximum Gasteiger partial charge on any atom is 0.217 e. The lowest BCUT2D eigenvalue weighted by atomic mass is 9.78. The highest BCUT2D eigenvalue weighted by Gasteiger charge is 2.25. The predicted molar refractivity (Wildman–Crippen MR) is 88.4 cm³/mol. The van der Waals surface area contributed by atoms with E-state index in [0.717, 1.165) is 37.5 Å². The Morgan fingerprint density at radius 2 is 1.00 bits per heavy atom. The van der Waals surface area contributed by atoms with Crippen LogP contribution in [0.3, 0.4) is 0 Å². The van der Waals surface area contributed by atoms with Gasteiger partial charge in [0.05, 0.1) is 0 Å². The number of carbonyl (C=O) groups is 2. The van der Waals surface area contributed by atoms with Crippen molar-refractivity contribution in [3.05, 3.63) is 0 Å². The summed E-state index contributed by atoms with van der Waals surface area (Å²) in [6.07, 6.45) is 12.4. The summed E-state index contributed by atoms with van der Waals surface area (Å²) in [6, 6.07) is 0.837. The van der Waals surface area contributed by atoms with Gasteiger partial charge in [-0.1, -0.05) is 12.8 Å². The molecule has 0 aromatic rings. The van der Waals surface area contributed by atoms with E-state index >= 15 is 0 Å². The molecular formula is C18H32N2O2. The van der Waals surface area contributed by atoms with Gasteiger partial charge < -0.3 is 10.6 Å². The van der Waals surface area contributed by atoms with Gasteiger partial charge in [0.15, 0.2) is 0 Å². The van der Waals surface area contributed by atoms with Gasteiger partial charge in [-0.25, -0.2) is 0 Å². The molecule has 2 fully saturated rings. The molecule has 2 N–H and O–H groups in total. The Labute approximate surface area is 134 Å². The summed E-state index contributed by atoms with van der Waals surface area (Å²) in [6.45, 7) is 3.23. The van der Waals surface area contributed by atoms with Gasteiger partial charge in [0.2, 0.25) is 11.8 Å². The molecule has 0 unspecified atom stereocenters. The number of carbonyl (C=O) groups excluding carboxylic acids is 2. The summed E-state index contributed by atoms with van der Waals surface area (Å²) in [7, 11) is 0. The van der Waals surface area contributed by atoms with Crippen molar-refractivity contribution in [3.8, 4) is 0 Å². The monoisotopic (exact) mass is 308 g/mol. The van der Waals surface area contributed by atoms with E-state index in [1.165, 1.54) is 38.5 Å². The summed E-state index contributed by atoms with van der Waals surface area (Å²) < 4.78 is 0. The molecule has 2 aliphatic carbocycles. The van der Waals surface area contributed by atoms with Gasteiger partial charge in [0.25, 0.3) is 0 Å². The van der Waals surface area contributed by atoms with Crippen molar-refractivity contribution < 1.29 is 9.59 Å². The molecule has 0 atom stereocenters. The van der Waals surface area contributed by atoms with E-state index in [0.29, 0.717) is 12.1 Å². The van der Waals surface area contributed by atoms with Crippen molar-refractivity contribution in [2.24, 2.45) is 11.8 Å². The molecule has 4 heteroatoms. The molecule has 0 heterocycles. The van der Waals surface area contributed by atoms with Crippen LogP contribution < -0.4 is 10.6 Å². The first-order valence-electron chi connectivity index (χ1n) is 9.07. The van der Waals surface area contributed by atoms with Crippen LogP contribution in [0.4, 0.5) is 0 Å². The molecule has 2 saturated carbocycles. The fraction of sp³-hybridized carbons (Fsp3) is 0.889. The Balaban J connectivity index is 1.58. The second-order valence-corrected chi connectivity index (χ2v) is 7.41. The van der Waals surface area contributed by atoms with E-state index in [-0.39, 0.29) is 11.8 Å². The molecule has 0 bridgehead atoms. The van der Waals surface area contributed by atoms with E-state index in [4.69, 9.17) is 0 Å². The third-order valence-corrected chi connectivity index (χ3v) is 5.49. The third-order valence-electron chi connectivity index (χ3n) is 5.49. The second kappa shape index (κ2) is 8.54. The maximum absolute atomic E-state index is 11.1. The molecule has 2 rings (SSSR count). The van der Waals surface area contributed by atoms with Crippen molar-refractivity contribution in [2.75, 3.05) is 0 Å². The number of nitrogens with one attached hydrogen (secondary N) is 2. The van der Waals surface area contributed by atoms with Crippen LogP contribution in [0, 0.1) is 11.8 Å².